The van der Waals surface area contributed by atoms with Gasteiger partial charge in [0.25, 0.3) is 0 Å². The minimum absolute atomic E-state index is 0.318. The van der Waals surface area contributed by atoms with Crippen molar-refractivity contribution in [1.82, 2.24) is 10.6 Å². The lowest BCUT2D eigenvalue weighted by Crippen LogP contribution is -2.48. The molecule has 1 aliphatic carbocycles. The third-order valence-electron chi connectivity index (χ3n) is 6.17. The lowest BCUT2D eigenvalue weighted by molar-refractivity contribution is 0.0671. The molecule has 3 N–H and O–H groups in total. The Kier molecular flexibility index (Phi) is 9.02. The molecule has 1 aliphatic heterocycles. The molecular formula is C26H37F2N3O. The Morgan fingerprint density at radius 1 is 1.19 bits per heavy atom. The van der Waals surface area contributed by atoms with Crippen LogP contribution in [0.5, 0.6) is 0 Å². The second-order valence-corrected chi connectivity index (χ2v) is 9.32. The molecule has 0 amide bonds. The fourth-order valence-corrected chi connectivity index (χ4v) is 4.53. The highest BCUT2D eigenvalue weighted by Crippen LogP contribution is 2.31. The van der Waals surface area contributed by atoms with Gasteiger partial charge in [-0.05, 0) is 75.2 Å². The van der Waals surface area contributed by atoms with Crippen molar-refractivity contribution in [3.05, 3.63) is 60.2 Å². The van der Waals surface area contributed by atoms with E-state index in [2.05, 4.69) is 17.2 Å². The van der Waals surface area contributed by atoms with Crippen molar-refractivity contribution in [3.8, 4) is 0 Å². The van der Waals surface area contributed by atoms with E-state index >= 15 is 0 Å². The van der Waals surface area contributed by atoms with Crippen LogP contribution in [0.4, 0.5) is 14.5 Å². The van der Waals surface area contributed by atoms with Crippen LogP contribution in [0.25, 0.3) is 5.57 Å². The van der Waals surface area contributed by atoms with Gasteiger partial charge in [-0.2, -0.15) is 0 Å². The minimum atomic E-state index is -1.02. The van der Waals surface area contributed by atoms with Crippen LogP contribution < -0.4 is 15.5 Å². The number of benzene rings is 1. The standard InChI is InChI=1S/C26H37F2N3O/c1-20-16-21(27)8-6-15-31(25-12-11-22(28)17-24(20)25)19-26(2,32)18-29-13-7-14-30-23-9-4-3-5-10-23/h6,8,11-12,16-17,23,29-30,32H,1,3-5,7,9-10,13-15,18-19H2,2H3/b8-6-,21-16+. The summed E-state index contributed by atoms with van der Waals surface area (Å²) in [5.74, 6) is -0.830. The quantitative estimate of drug-likeness (QED) is 0.482. The summed E-state index contributed by atoms with van der Waals surface area (Å²) in [4.78, 5) is 1.94. The number of nitrogens with one attached hydrogen (secondary N) is 2. The summed E-state index contributed by atoms with van der Waals surface area (Å²) in [5.41, 5.74) is 0.639. The minimum Gasteiger partial charge on any atom is -0.387 e. The number of hydrogen-bond donors (Lipinski definition) is 3. The number of allylic oxidation sites excluding steroid dienone is 4. The fraction of sp³-hybridized carbons (Fsp3) is 0.538. The Bertz CT molecular complexity index is 828. The van der Waals surface area contributed by atoms with E-state index in [0.717, 1.165) is 25.2 Å². The number of hydrogen-bond acceptors (Lipinski definition) is 4. The second-order valence-electron chi connectivity index (χ2n) is 9.32. The molecule has 3 rings (SSSR count). The number of nitrogens with zero attached hydrogens (tertiary/aromatic N) is 1. The van der Waals surface area contributed by atoms with Gasteiger partial charge < -0.3 is 20.6 Å². The maximum atomic E-state index is 14.0. The topological polar surface area (TPSA) is 47.5 Å². The average Bonchev–Trinajstić information content (AvgIpc) is 2.80. The van der Waals surface area contributed by atoms with Gasteiger partial charge in [-0.3, -0.25) is 0 Å². The third-order valence-corrected chi connectivity index (χ3v) is 6.17. The molecule has 6 heteroatoms. The van der Waals surface area contributed by atoms with Crippen molar-refractivity contribution in [3.63, 3.8) is 0 Å². The number of halogens is 2. The van der Waals surface area contributed by atoms with Crippen molar-refractivity contribution < 1.29 is 13.9 Å². The van der Waals surface area contributed by atoms with Crippen LogP contribution in [-0.2, 0) is 0 Å². The summed E-state index contributed by atoms with van der Waals surface area (Å²) in [7, 11) is 0. The molecule has 0 bridgehead atoms. The van der Waals surface area contributed by atoms with Crippen molar-refractivity contribution >= 4 is 11.3 Å². The molecule has 0 radical (unpaired) electrons. The van der Waals surface area contributed by atoms with Gasteiger partial charge in [-0.1, -0.05) is 31.9 Å². The van der Waals surface area contributed by atoms with E-state index in [0.29, 0.717) is 36.8 Å². The second kappa shape index (κ2) is 11.7. The normalized spacial score (nSPS) is 22.2. The van der Waals surface area contributed by atoms with E-state index in [4.69, 9.17) is 0 Å². The van der Waals surface area contributed by atoms with Gasteiger partial charge in [0.05, 0.1) is 5.60 Å². The highest BCUT2D eigenvalue weighted by molar-refractivity contribution is 5.82. The zero-order chi connectivity index (χ0) is 23.0. The number of fused-ring (bicyclic) bond motifs is 1. The number of rotatable bonds is 9. The van der Waals surface area contributed by atoms with Crippen molar-refractivity contribution in [2.75, 3.05) is 37.6 Å². The Morgan fingerprint density at radius 2 is 1.97 bits per heavy atom. The fourth-order valence-electron chi connectivity index (χ4n) is 4.53. The Labute approximate surface area is 191 Å². The molecule has 1 atom stereocenters. The van der Waals surface area contributed by atoms with Crippen LogP contribution in [0, 0.1) is 5.82 Å². The molecular weight excluding hydrogens is 408 g/mol. The first-order valence-electron chi connectivity index (χ1n) is 11.8. The smallest absolute Gasteiger partial charge is 0.123 e. The van der Waals surface area contributed by atoms with Crippen LogP contribution >= 0.6 is 0 Å². The molecule has 0 spiro atoms. The zero-order valence-electron chi connectivity index (χ0n) is 19.2. The molecule has 0 saturated heterocycles. The molecule has 1 unspecified atom stereocenters. The zero-order valence-corrected chi connectivity index (χ0v) is 19.2. The average molecular weight is 446 g/mol. The molecule has 1 aromatic carbocycles. The first-order chi connectivity index (χ1) is 15.3. The summed E-state index contributed by atoms with van der Waals surface area (Å²) in [5, 5.41) is 18.0. The van der Waals surface area contributed by atoms with Crippen molar-refractivity contribution in [2.24, 2.45) is 0 Å². The maximum Gasteiger partial charge on any atom is 0.123 e. The summed E-state index contributed by atoms with van der Waals surface area (Å²) >= 11 is 0. The predicted molar refractivity (Wildman–Crippen MR) is 129 cm³/mol. The van der Waals surface area contributed by atoms with Crippen molar-refractivity contribution in [2.45, 2.75) is 57.1 Å². The Hall–Kier alpha value is -2.02. The largest absolute Gasteiger partial charge is 0.387 e. The van der Waals surface area contributed by atoms with Gasteiger partial charge in [-0.25, -0.2) is 8.78 Å². The number of aliphatic hydroxyl groups is 1. The molecule has 2 aliphatic rings. The Morgan fingerprint density at radius 3 is 2.75 bits per heavy atom. The summed E-state index contributed by atoms with van der Waals surface area (Å²) in [6, 6.07) is 5.08. The lowest BCUT2D eigenvalue weighted by Gasteiger charge is -2.34. The van der Waals surface area contributed by atoms with E-state index in [1.807, 2.05) is 4.90 Å². The van der Waals surface area contributed by atoms with Gasteiger partial charge in [-0.15, -0.1) is 0 Å². The highest BCUT2D eigenvalue weighted by atomic mass is 19.1. The van der Waals surface area contributed by atoms with E-state index < -0.39 is 17.2 Å². The highest BCUT2D eigenvalue weighted by Gasteiger charge is 2.25. The van der Waals surface area contributed by atoms with E-state index in [-0.39, 0.29) is 0 Å². The van der Waals surface area contributed by atoms with Crippen LogP contribution in [0.1, 0.15) is 51.0 Å². The maximum absolute atomic E-state index is 14.0. The van der Waals surface area contributed by atoms with Crippen molar-refractivity contribution in [1.29, 1.82) is 0 Å². The molecule has 176 valence electrons. The summed E-state index contributed by atoms with van der Waals surface area (Å²) in [6.07, 6.45) is 12.0. The van der Waals surface area contributed by atoms with Gasteiger partial charge >= 0.3 is 0 Å². The number of anilines is 1. The first-order valence-corrected chi connectivity index (χ1v) is 11.8. The van der Waals surface area contributed by atoms with Gasteiger partial charge in [0, 0.05) is 36.9 Å². The molecule has 1 saturated carbocycles. The van der Waals surface area contributed by atoms with Crippen LogP contribution in [0.15, 0.2) is 48.8 Å². The van der Waals surface area contributed by atoms with Gasteiger partial charge in [0.1, 0.15) is 11.6 Å². The van der Waals surface area contributed by atoms with Crippen LogP contribution in [0.3, 0.4) is 0 Å². The summed E-state index contributed by atoms with van der Waals surface area (Å²) < 4.78 is 27.9. The molecule has 1 fully saturated rings. The SMILES string of the molecule is C=C1/C=C(F)\C=C/CN(CC(C)(O)CNCCCNC2CCCCC2)c2ccc(F)cc21. The van der Waals surface area contributed by atoms with E-state index in [9.17, 15) is 13.9 Å². The lowest BCUT2D eigenvalue weighted by atomic mass is 9.95. The van der Waals surface area contributed by atoms with Crippen LogP contribution in [-0.4, -0.2) is 49.5 Å². The molecule has 1 aromatic rings. The van der Waals surface area contributed by atoms with Gasteiger partial charge in [0.15, 0.2) is 0 Å². The molecule has 4 nitrogen and oxygen atoms in total. The number of β-amino-alcohol motifs (C(OH)–C–C–N with tert-alkyl or cyclic N) is 1. The van der Waals surface area contributed by atoms with E-state index in [1.54, 1.807) is 19.1 Å². The third kappa shape index (κ3) is 7.54. The van der Waals surface area contributed by atoms with Gasteiger partial charge in [0.2, 0.25) is 0 Å². The summed E-state index contributed by atoms with van der Waals surface area (Å²) in [6.45, 7) is 8.65. The molecule has 1 heterocycles. The monoisotopic (exact) mass is 445 g/mol. The Balaban J connectivity index is 1.54. The predicted octanol–water partition coefficient (Wildman–Crippen LogP) is 4.72. The first kappa shape index (κ1) is 24.6. The molecule has 32 heavy (non-hydrogen) atoms. The van der Waals surface area contributed by atoms with Crippen LogP contribution in [0.2, 0.25) is 0 Å². The molecule has 0 aromatic heterocycles. The van der Waals surface area contributed by atoms with E-state index in [1.165, 1.54) is 56.4 Å².